The van der Waals surface area contributed by atoms with Gasteiger partial charge in [0.15, 0.2) is 0 Å². The number of halogens is 3. The van der Waals surface area contributed by atoms with Gasteiger partial charge in [-0.1, -0.05) is 18.2 Å². The fourth-order valence-corrected chi connectivity index (χ4v) is 11.9. The van der Waals surface area contributed by atoms with Crippen molar-refractivity contribution in [1.82, 2.24) is 9.97 Å². The summed E-state index contributed by atoms with van der Waals surface area (Å²) in [4.78, 5) is 14.1. The molecule has 0 unspecified atom stereocenters. The third kappa shape index (κ3) is 5.49. The Morgan fingerprint density at radius 1 is 0.660 bits per heavy atom. The summed E-state index contributed by atoms with van der Waals surface area (Å²) in [7, 11) is 0. The summed E-state index contributed by atoms with van der Waals surface area (Å²) >= 11 is 0. The topological polar surface area (TPSA) is 39.4 Å². The molecule has 0 spiro atoms. The van der Waals surface area contributed by atoms with Gasteiger partial charge in [0.1, 0.15) is 17.5 Å². The van der Waals surface area contributed by atoms with Crippen LogP contribution in [0.5, 0.6) is 0 Å². The first-order valence-electron chi connectivity index (χ1n) is 17.5. The number of aromatic nitrogens is 2. The van der Waals surface area contributed by atoms with Crippen molar-refractivity contribution in [1.29, 1.82) is 0 Å². The molecule has 0 atom stereocenters. The van der Waals surface area contributed by atoms with Gasteiger partial charge in [0.05, 0.1) is 11.3 Å². The SMILES string of the molecule is Fc1cc(F)c(/C(=C2\C=CC(C34CC5CC(CC(C5)C3)C4)=N2)c2ccc(C34CC5CC(CC(C5)C3)C4)[n-]2)c(F)c1.[Ni].c1ccncc1. The fourth-order valence-electron chi connectivity index (χ4n) is 11.9. The van der Waals surface area contributed by atoms with Crippen LogP contribution in [-0.4, -0.2) is 10.7 Å². The molecule has 47 heavy (non-hydrogen) atoms. The van der Waals surface area contributed by atoms with Crippen molar-refractivity contribution in [2.75, 3.05) is 0 Å². The molecule has 12 rings (SSSR count). The van der Waals surface area contributed by atoms with Crippen LogP contribution in [-0.2, 0) is 21.9 Å². The quantitative estimate of drug-likeness (QED) is 0.258. The van der Waals surface area contributed by atoms with Crippen LogP contribution in [0.2, 0.25) is 0 Å². The summed E-state index contributed by atoms with van der Waals surface area (Å²) in [6.07, 6.45) is 22.7. The summed E-state index contributed by atoms with van der Waals surface area (Å²) in [5, 5.41) is 0. The molecule has 3 heterocycles. The molecule has 8 aliphatic carbocycles. The Morgan fingerprint density at radius 2 is 1.17 bits per heavy atom. The predicted octanol–water partition coefficient (Wildman–Crippen LogP) is 9.59. The van der Waals surface area contributed by atoms with E-state index in [0.717, 1.165) is 59.0 Å². The zero-order valence-corrected chi connectivity index (χ0v) is 27.6. The van der Waals surface area contributed by atoms with E-state index in [9.17, 15) is 4.39 Å². The molecule has 0 N–H and O–H groups in total. The molecule has 0 amide bonds. The van der Waals surface area contributed by atoms with Crippen molar-refractivity contribution in [3.05, 3.63) is 107 Å². The fraction of sp³-hybridized carbons (Fsp3) is 0.500. The normalized spacial score (nSPS) is 36.5. The molecular weight excluding hydrogens is 638 g/mol. The molecule has 1 aromatic carbocycles. The Kier molecular flexibility index (Phi) is 7.94. The van der Waals surface area contributed by atoms with Gasteiger partial charge in [-0.15, -0.1) is 5.69 Å². The molecular formula is C40H41F3N3Ni-. The molecule has 8 fully saturated rings. The minimum absolute atomic E-state index is 0. The van der Waals surface area contributed by atoms with Gasteiger partial charge in [0.2, 0.25) is 0 Å². The molecule has 0 saturated heterocycles. The maximum atomic E-state index is 15.4. The Balaban J connectivity index is 0.000000420. The average Bonchev–Trinajstić information content (AvgIpc) is 3.71. The first-order chi connectivity index (χ1) is 22.3. The second-order valence-corrected chi connectivity index (χ2v) is 16.0. The number of benzene rings is 1. The zero-order chi connectivity index (χ0) is 31.0. The third-order valence-electron chi connectivity index (χ3n) is 12.8. The van der Waals surface area contributed by atoms with Crippen LogP contribution < -0.4 is 4.98 Å². The summed E-state index contributed by atoms with van der Waals surface area (Å²) in [5.41, 5.74) is 3.60. The Bertz CT molecular complexity index is 1630. The molecule has 8 saturated carbocycles. The first kappa shape index (κ1) is 31.4. The molecule has 248 valence electrons. The smallest absolute Gasteiger partial charge is 0.136 e. The van der Waals surface area contributed by atoms with Crippen LogP contribution in [0.3, 0.4) is 0 Å². The van der Waals surface area contributed by atoms with Crippen LogP contribution in [0.25, 0.3) is 5.57 Å². The minimum atomic E-state index is -0.910. The van der Waals surface area contributed by atoms with Gasteiger partial charge in [0, 0.05) is 52.1 Å². The zero-order valence-electron chi connectivity index (χ0n) is 26.6. The van der Waals surface area contributed by atoms with Crippen molar-refractivity contribution < 1.29 is 29.7 Å². The second-order valence-electron chi connectivity index (χ2n) is 16.0. The van der Waals surface area contributed by atoms with Crippen molar-refractivity contribution in [3.8, 4) is 0 Å². The minimum Gasteiger partial charge on any atom is -0.660 e. The Morgan fingerprint density at radius 3 is 1.64 bits per heavy atom. The standard InChI is InChI=1S/C35H36F3N2.C5H5N.Ni/c36-25-11-26(37)32(27(38)12-25)33(28-1-3-30(39-28)34-13-19-5-20(14-34)7-21(6-19)15-34)29-2-4-31(40-29)35-16-22-8-23(17-35)10-24(9-22)18-35;1-2-4-6-5-3-1;/h1-4,11-12,19-24H,5-10,13-18H2;1-5H;/q-1;;/b33-28+;;. The summed E-state index contributed by atoms with van der Waals surface area (Å²) in [6.45, 7) is 0. The van der Waals surface area contributed by atoms with Crippen LogP contribution in [0.1, 0.15) is 94.0 Å². The predicted molar refractivity (Wildman–Crippen MR) is 173 cm³/mol. The Hall–Kier alpha value is -2.92. The van der Waals surface area contributed by atoms with Gasteiger partial charge < -0.3 is 4.98 Å². The summed E-state index contributed by atoms with van der Waals surface area (Å²) in [6, 6.07) is 11.3. The van der Waals surface area contributed by atoms with E-state index in [1.165, 1.54) is 77.0 Å². The van der Waals surface area contributed by atoms with Crippen molar-refractivity contribution in [2.24, 2.45) is 45.9 Å². The number of rotatable bonds is 4. The van der Waals surface area contributed by atoms with E-state index in [0.29, 0.717) is 17.0 Å². The molecule has 3 nitrogen and oxygen atoms in total. The molecule has 9 aliphatic rings. The molecule has 1 aliphatic heterocycles. The van der Waals surface area contributed by atoms with E-state index in [1.54, 1.807) is 12.4 Å². The number of hydrogen-bond acceptors (Lipinski definition) is 2. The monoisotopic (exact) mass is 678 g/mol. The third-order valence-corrected chi connectivity index (χ3v) is 12.8. The molecule has 7 heteroatoms. The number of nitrogens with zero attached hydrogens (tertiary/aromatic N) is 3. The largest absolute Gasteiger partial charge is 0.660 e. The Labute approximate surface area is 285 Å². The summed E-state index contributed by atoms with van der Waals surface area (Å²) in [5.74, 6) is 1.97. The first-order valence-corrected chi connectivity index (χ1v) is 17.5. The number of aliphatic imine (C=N–C) groups is 1. The average molecular weight is 679 g/mol. The van der Waals surface area contributed by atoms with Crippen molar-refractivity contribution in [3.63, 3.8) is 0 Å². The van der Waals surface area contributed by atoms with E-state index in [4.69, 9.17) is 9.98 Å². The van der Waals surface area contributed by atoms with Gasteiger partial charge in [0.25, 0.3) is 0 Å². The maximum absolute atomic E-state index is 15.4. The van der Waals surface area contributed by atoms with Crippen LogP contribution in [0.15, 0.2) is 77.7 Å². The van der Waals surface area contributed by atoms with E-state index in [2.05, 4.69) is 17.1 Å². The van der Waals surface area contributed by atoms with Gasteiger partial charge >= 0.3 is 0 Å². The summed E-state index contributed by atoms with van der Waals surface area (Å²) < 4.78 is 44.8. The van der Waals surface area contributed by atoms with E-state index >= 15 is 8.78 Å². The van der Waals surface area contributed by atoms with E-state index in [1.807, 2.05) is 30.3 Å². The van der Waals surface area contributed by atoms with Crippen LogP contribution in [0.4, 0.5) is 13.2 Å². The van der Waals surface area contributed by atoms with Gasteiger partial charge in [-0.3, -0.25) is 9.98 Å². The van der Waals surface area contributed by atoms with Crippen molar-refractivity contribution >= 4 is 11.3 Å². The molecule has 3 aromatic rings. The number of allylic oxidation sites excluding steroid dienone is 2. The van der Waals surface area contributed by atoms with E-state index < -0.39 is 17.5 Å². The van der Waals surface area contributed by atoms with Crippen molar-refractivity contribution in [2.45, 2.75) is 82.5 Å². The van der Waals surface area contributed by atoms with Crippen LogP contribution in [0, 0.1) is 58.4 Å². The second kappa shape index (κ2) is 11.9. The van der Waals surface area contributed by atoms with Gasteiger partial charge in [-0.2, -0.15) is 5.69 Å². The maximum Gasteiger partial charge on any atom is 0.136 e. The molecule has 0 radical (unpaired) electrons. The van der Waals surface area contributed by atoms with Crippen LogP contribution >= 0.6 is 0 Å². The molecule has 2 aromatic heterocycles. The van der Waals surface area contributed by atoms with Gasteiger partial charge in [-0.05, 0) is 148 Å². The molecule has 8 bridgehead atoms. The number of hydrogen-bond donors (Lipinski definition) is 0. The van der Waals surface area contributed by atoms with E-state index in [-0.39, 0.29) is 32.9 Å². The van der Waals surface area contributed by atoms with Gasteiger partial charge in [-0.25, -0.2) is 13.2 Å². The number of pyridine rings is 1.